The zero-order valence-electron chi connectivity index (χ0n) is 26.4. The summed E-state index contributed by atoms with van der Waals surface area (Å²) in [6, 6.07) is 13.1. The molecule has 1 aliphatic carbocycles. The Morgan fingerprint density at radius 3 is 2.52 bits per heavy atom. The Morgan fingerprint density at radius 2 is 1.83 bits per heavy atom. The molecule has 1 aromatic heterocycles. The third kappa shape index (κ3) is 7.08. The Bertz CT molecular complexity index is 1600. The van der Waals surface area contributed by atoms with Gasteiger partial charge in [0.2, 0.25) is 0 Å². The molecule has 1 spiro atoms. The largest absolute Gasteiger partial charge is 0.495 e. The second kappa shape index (κ2) is 13.5. The molecule has 11 heteroatoms. The number of hydrogen-bond donors (Lipinski definition) is 3. The van der Waals surface area contributed by atoms with Crippen molar-refractivity contribution in [1.29, 1.82) is 0 Å². The van der Waals surface area contributed by atoms with Gasteiger partial charge in [0.1, 0.15) is 12.3 Å². The van der Waals surface area contributed by atoms with E-state index in [-0.39, 0.29) is 18.5 Å². The van der Waals surface area contributed by atoms with E-state index in [9.17, 15) is 18.0 Å². The molecule has 3 N–H and O–H groups in total. The van der Waals surface area contributed by atoms with Crippen LogP contribution in [0, 0.1) is 17.3 Å². The number of benzene rings is 2. The zero-order valence-corrected chi connectivity index (χ0v) is 26.4. The maximum atomic E-state index is 13.7. The summed E-state index contributed by atoms with van der Waals surface area (Å²) >= 11 is 0. The molecule has 0 atom stereocenters. The lowest BCUT2D eigenvalue weighted by molar-refractivity contribution is -0.140. The summed E-state index contributed by atoms with van der Waals surface area (Å²) in [5.74, 6) is 6.16. The first kappa shape index (κ1) is 32.1. The van der Waals surface area contributed by atoms with E-state index in [1.165, 1.54) is 37.6 Å². The number of anilines is 2. The Hall–Kier alpha value is -3.88. The SMILES string of the molecule is CNC(=O)c1ccc(NCC#Cc2cc3c(NC4CCC(N5CC6(CCOCC6)C5)CC4)cccc3n2CC(F)(F)F)c(OC)c1. The molecule has 3 aliphatic rings. The van der Waals surface area contributed by atoms with Gasteiger partial charge in [-0.25, -0.2) is 0 Å². The number of ether oxygens (including phenoxy) is 2. The van der Waals surface area contributed by atoms with E-state index >= 15 is 0 Å². The summed E-state index contributed by atoms with van der Waals surface area (Å²) in [6.45, 7) is 3.18. The number of amides is 1. The number of halogens is 3. The van der Waals surface area contributed by atoms with Gasteiger partial charge in [-0.3, -0.25) is 9.69 Å². The number of nitrogens with one attached hydrogen (secondary N) is 3. The van der Waals surface area contributed by atoms with E-state index in [0.29, 0.717) is 39.7 Å². The number of nitrogens with zero attached hydrogens (tertiary/aromatic N) is 2. The Balaban J connectivity index is 1.13. The van der Waals surface area contributed by atoms with Gasteiger partial charge in [0.05, 0.1) is 30.6 Å². The second-order valence-electron chi connectivity index (χ2n) is 12.8. The van der Waals surface area contributed by atoms with Crippen LogP contribution in [0.3, 0.4) is 0 Å². The van der Waals surface area contributed by atoms with Crippen LogP contribution in [0.4, 0.5) is 24.5 Å². The van der Waals surface area contributed by atoms with Gasteiger partial charge in [-0.1, -0.05) is 12.0 Å². The quantitative estimate of drug-likeness (QED) is 0.268. The highest BCUT2D eigenvalue weighted by Gasteiger charge is 2.46. The van der Waals surface area contributed by atoms with E-state index in [1.807, 2.05) is 12.1 Å². The van der Waals surface area contributed by atoms with Crippen molar-refractivity contribution in [1.82, 2.24) is 14.8 Å². The topological polar surface area (TPSA) is 79.8 Å². The van der Waals surface area contributed by atoms with Crippen molar-refractivity contribution < 1.29 is 27.4 Å². The maximum absolute atomic E-state index is 13.7. The van der Waals surface area contributed by atoms with E-state index in [0.717, 1.165) is 50.0 Å². The summed E-state index contributed by atoms with van der Waals surface area (Å²) in [5, 5.41) is 10.1. The summed E-state index contributed by atoms with van der Waals surface area (Å²) in [4.78, 5) is 14.6. The first-order chi connectivity index (χ1) is 22.2. The van der Waals surface area contributed by atoms with Crippen molar-refractivity contribution in [3.63, 3.8) is 0 Å². The van der Waals surface area contributed by atoms with E-state index in [4.69, 9.17) is 9.47 Å². The molecule has 2 aliphatic heterocycles. The third-order valence-electron chi connectivity index (χ3n) is 9.76. The molecule has 3 fully saturated rings. The van der Waals surface area contributed by atoms with Crippen molar-refractivity contribution in [3.8, 4) is 17.6 Å². The predicted octanol–water partition coefficient (Wildman–Crippen LogP) is 5.87. The summed E-state index contributed by atoms with van der Waals surface area (Å²) < 4.78 is 53.4. The van der Waals surface area contributed by atoms with Crippen LogP contribution in [0.2, 0.25) is 0 Å². The minimum absolute atomic E-state index is 0.170. The number of fused-ring (bicyclic) bond motifs is 1. The van der Waals surface area contributed by atoms with E-state index in [1.54, 1.807) is 37.4 Å². The molecular weight excluding hydrogens is 595 g/mol. The molecular formula is C35H42F3N5O3. The molecule has 8 nitrogen and oxygen atoms in total. The molecule has 3 heterocycles. The van der Waals surface area contributed by atoms with E-state index < -0.39 is 12.7 Å². The standard InChI is InChI=1S/C35H42F3N5O3/c1-39-33(44)24-8-13-30(32(19-24)45-2)40-16-4-5-27-20-28-29(6-3-7-31(28)43(27)23-35(36,37)38)41-25-9-11-26(12-10-25)42-21-34(22-42)14-17-46-18-15-34/h3,6-8,13,19-20,25-26,40-41H,9-12,14-18,21-23H2,1-2H3,(H,39,44). The number of hydrogen-bond acceptors (Lipinski definition) is 6. The number of carbonyl (C=O) groups excluding carboxylic acids is 1. The molecule has 1 amide bonds. The lowest BCUT2D eigenvalue weighted by atomic mass is 9.71. The fourth-order valence-electron chi connectivity index (χ4n) is 7.26. The molecule has 46 heavy (non-hydrogen) atoms. The van der Waals surface area contributed by atoms with Gasteiger partial charge in [0.25, 0.3) is 5.91 Å². The van der Waals surface area contributed by atoms with Crippen LogP contribution < -0.4 is 20.7 Å². The number of aromatic nitrogens is 1. The second-order valence-corrected chi connectivity index (χ2v) is 12.8. The van der Waals surface area contributed by atoms with Crippen molar-refractivity contribution in [2.24, 2.45) is 5.41 Å². The molecule has 0 bridgehead atoms. The molecule has 0 radical (unpaired) electrons. The van der Waals surface area contributed by atoms with Crippen molar-refractivity contribution >= 4 is 28.2 Å². The van der Waals surface area contributed by atoms with Crippen LogP contribution in [-0.4, -0.2) is 80.6 Å². The first-order valence-corrected chi connectivity index (χ1v) is 16.1. The molecule has 2 aromatic carbocycles. The molecule has 1 saturated carbocycles. The zero-order chi connectivity index (χ0) is 32.3. The predicted molar refractivity (Wildman–Crippen MR) is 173 cm³/mol. The van der Waals surface area contributed by atoms with Crippen LogP contribution in [0.15, 0.2) is 42.5 Å². The van der Waals surface area contributed by atoms with Gasteiger partial charge in [0.15, 0.2) is 0 Å². The smallest absolute Gasteiger partial charge is 0.406 e. The van der Waals surface area contributed by atoms with Crippen LogP contribution in [-0.2, 0) is 11.3 Å². The molecule has 3 aromatic rings. The van der Waals surface area contributed by atoms with Crippen LogP contribution in [0.25, 0.3) is 10.9 Å². The highest BCUT2D eigenvalue weighted by molar-refractivity contribution is 5.95. The highest BCUT2D eigenvalue weighted by Crippen LogP contribution is 2.43. The Morgan fingerprint density at radius 1 is 1.07 bits per heavy atom. The molecule has 246 valence electrons. The van der Waals surface area contributed by atoms with Crippen molar-refractivity contribution in [2.75, 3.05) is 57.6 Å². The molecule has 0 unspecified atom stereocenters. The highest BCUT2D eigenvalue weighted by atomic mass is 19.4. The van der Waals surface area contributed by atoms with Gasteiger partial charge in [-0.2, -0.15) is 13.2 Å². The van der Waals surface area contributed by atoms with Crippen LogP contribution in [0.5, 0.6) is 5.75 Å². The van der Waals surface area contributed by atoms with Gasteiger partial charge in [-0.05, 0) is 80.8 Å². The van der Waals surface area contributed by atoms with Crippen molar-refractivity contribution in [2.45, 2.75) is 63.3 Å². The lowest BCUT2D eigenvalue weighted by Gasteiger charge is -2.56. The monoisotopic (exact) mass is 637 g/mol. The Kier molecular flexibility index (Phi) is 9.39. The minimum Gasteiger partial charge on any atom is -0.495 e. The van der Waals surface area contributed by atoms with Gasteiger partial charge < -0.3 is 30.0 Å². The number of likely N-dealkylation sites (tertiary alicyclic amines) is 1. The average Bonchev–Trinajstić information content (AvgIpc) is 3.38. The van der Waals surface area contributed by atoms with Gasteiger partial charge in [0, 0.05) is 67.5 Å². The van der Waals surface area contributed by atoms with Crippen LogP contribution in [0.1, 0.15) is 54.6 Å². The molecule has 2 saturated heterocycles. The molecule has 6 rings (SSSR count). The fourth-order valence-corrected chi connectivity index (χ4v) is 7.26. The normalized spacial score (nSPS) is 21.2. The first-order valence-electron chi connectivity index (χ1n) is 16.1. The van der Waals surface area contributed by atoms with E-state index in [2.05, 4.69) is 32.7 Å². The summed E-state index contributed by atoms with van der Waals surface area (Å²) in [7, 11) is 3.05. The Labute approximate surface area is 268 Å². The van der Waals surface area contributed by atoms with Gasteiger partial charge >= 0.3 is 6.18 Å². The van der Waals surface area contributed by atoms with Crippen molar-refractivity contribution in [3.05, 3.63) is 53.7 Å². The minimum atomic E-state index is -4.40. The number of rotatable bonds is 8. The fraction of sp³-hybridized carbons (Fsp3) is 0.514. The number of carbonyl (C=O) groups is 1. The third-order valence-corrected chi connectivity index (χ3v) is 9.76. The maximum Gasteiger partial charge on any atom is 0.406 e. The number of alkyl halides is 3. The van der Waals surface area contributed by atoms with Crippen LogP contribution >= 0.6 is 0 Å². The lowest BCUT2D eigenvalue weighted by Crippen LogP contribution is -2.62. The van der Waals surface area contributed by atoms with Gasteiger partial charge in [-0.15, -0.1) is 0 Å². The summed E-state index contributed by atoms with van der Waals surface area (Å²) in [6.07, 6.45) is 2.25. The number of methoxy groups -OCH3 is 1. The average molecular weight is 638 g/mol. The summed E-state index contributed by atoms with van der Waals surface area (Å²) in [5.41, 5.74) is 3.18.